The van der Waals surface area contributed by atoms with Crippen molar-refractivity contribution in [2.45, 2.75) is 13.0 Å². The van der Waals surface area contributed by atoms with Crippen molar-refractivity contribution in [1.82, 2.24) is 14.5 Å². The Morgan fingerprint density at radius 1 is 1.33 bits per heavy atom. The van der Waals surface area contributed by atoms with Gasteiger partial charge in [0.05, 0.1) is 16.6 Å². The Morgan fingerprint density at radius 3 is 2.67 bits per heavy atom. The Kier molecular flexibility index (Phi) is 4.23. The molecule has 0 fully saturated rings. The number of carboxylic acids is 1. The van der Waals surface area contributed by atoms with Crippen LogP contribution in [-0.2, 0) is 6.54 Å². The van der Waals surface area contributed by atoms with Gasteiger partial charge in [-0.15, -0.1) is 0 Å². The van der Waals surface area contributed by atoms with Crippen LogP contribution in [0.25, 0.3) is 11.0 Å². The number of hydrogen-bond donors (Lipinski definition) is 2. The molecule has 0 spiro atoms. The van der Waals surface area contributed by atoms with E-state index in [0.29, 0.717) is 18.5 Å². The van der Waals surface area contributed by atoms with Crippen LogP contribution in [0.4, 0.5) is 0 Å². The highest BCUT2D eigenvalue weighted by atomic mass is 16.4. The molecule has 2 N–H and O–H groups in total. The Balaban J connectivity index is 2.65. The van der Waals surface area contributed by atoms with E-state index in [4.69, 9.17) is 0 Å². The summed E-state index contributed by atoms with van der Waals surface area (Å²) in [7, 11) is 3.81. The lowest BCUT2D eigenvalue weighted by Gasteiger charge is -2.13. The van der Waals surface area contributed by atoms with E-state index in [2.05, 4.69) is 4.98 Å². The fourth-order valence-corrected chi connectivity index (χ4v) is 2.27. The molecule has 1 heterocycles. The van der Waals surface area contributed by atoms with Crippen molar-refractivity contribution in [3.05, 3.63) is 44.5 Å². The number of carbonyl (C=O) groups is 1. The molecule has 0 aliphatic rings. The van der Waals surface area contributed by atoms with E-state index in [-0.39, 0.29) is 11.1 Å². The van der Waals surface area contributed by atoms with Gasteiger partial charge in [0.25, 0.3) is 0 Å². The zero-order chi connectivity index (χ0) is 15.6. The Bertz CT molecular complexity index is 789. The maximum absolute atomic E-state index is 12.0. The summed E-state index contributed by atoms with van der Waals surface area (Å²) in [4.78, 5) is 39.4. The van der Waals surface area contributed by atoms with Crippen molar-refractivity contribution in [2.24, 2.45) is 0 Å². The molecule has 7 heteroatoms. The molecular formula is C14H17N3O4. The monoisotopic (exact) mass is 291 g/mol. The molecule has 1 aromatic heterocycles. The quantitative estimate of drug-likeness (QED) is 0.775. The zero-order valence-corrected chi connectivity index (χ0v) is 11.9. The average molecular weight is 291 g/mol. The van der Waals surface area contributed by atoms with Crippen LogP contribution in [0.5, 0.6) is 0 Å². The summed E-state index contributed by atoms with van der Waals surface area (Å²) in [6.07, 6.45) is 0.638. The lowest BCUT2D eigenvalue weighted by atomic mass is 10.1. The van der Waals surface area contributed by atoms with Gasteiger partial charge in [-0.1, -0.05) is 6.07 Å². The second-order valence-electron chi connectivity index (χ2n) is 5.07. The highest BCUT2D eigenvalue weighted by molar-refractivity contribution is 6.00. The van der Waals surface area contributed by atoms with Gasteiger partial charge in [0.1, 0.15) is 0 Å². The molecule has 2 rings (SSSR count). The number of fused-ring (bicyclic) bond motifs is 1. The second-order valence-corrected chi connectivity index (χ2v) is 5.07. The van der Waals surface area contributed by atoms with E-state index < -0.39 is 17.1 Å². The van der Waals surface area contributed by atoms with Gasteiger partial charge in [-0.2, -0.15) is 0 Å². The Hall–Kier alpha value is -2.41. The number of carboxylic acid groups (broad SMARTS) is 1. The summed E-state index contributed by atoms with van der Waals surface area (Å²) in [6.45, 7) is 1.03. The molecule has 0 bridgehead atoms. The summed E-state index contributed by atoms with van der Waals surface area (Å²) in [5.41, 5.74) is -0.853. The van der Waals surface area contributed by atoms with Gasteiger partial charge >= 0.3 is 17.1 Å². The minimum atomic E-state index is -1.13. The van der Waals surface area contributed by atoms with Gasteiger partial charge in [-0.25, -0.2) is 4.79 Å². The van der Waals surface area contributed by atoms with E-state index in [1.165, 1.54) is 16.7 Å². The van der Waals surface area contributed by atoms with E-state index in [1.807, 2.05) is 19.0 Å². The number of rotatable bonds is 5. The minimum Gasteiger partial charge on any atom is -0.478 e. The van der Waals surface area contributed by atoms with Gasteiger partial charge in [-0.05, 0) is 39.2 Å². The molecule has 21 heavy (non-hydrogen) atoms. The summed E-state index contributed by atoms with van der Waals surface area (Å²) >= 11 is 0. The molecule has 0 aliphatic carbocycles. The molecule has 0 saturated heterocycles. The normalized spacial score (nSPS) is 11.2. The maximum atomic E-state index is 12.0. The van der Waals surface area contributed by atoms with Crippen LogP contribution >= 0.6 is 0 Å². The van der Waals surface area contributed by atoms with Crippen molar-refractivity contribution >= 4 is 17.0 Å². The summed E-state index contributed by atoms with van der Waals surface area (Å²) < 4.78 is 1.25. The number of nitrogens with zero attached hydrogens (tertiary/aromatic N) is 2. The highest BCUT2D eigenvalue weighted by Crippen LogP contribution is 2.15. The third-order valence-corrected chi connectivity index (χ3v) is 3.21. The molecule has 1 aromatic carbocycles. The van der Waals surface area contributed by atoms with Crippen LogP contribution in [0.2, 0.25) is 0 Å². The van der Waals surface area contributed by atoms with E-state index in [0.717, 1.165) is 6.54 Å². The van der Waals surface area contributed by atoms with Crippen molar-refractivity contribution in [3.8, 4) is 0 Å². The molecule has 2 aromatic rings. The van der Waals surface area contributed by atoms with Crippen molar-refractivity contribution in [2.75, 3.05) is 20.6 Å². The largest absolute Gasteiger partial charge is 0.478 e. The number of H-pyrrole nitrogens is 1. The first kappa shape index (κ1) is 15.0. The van der Waals surface area contributed by atoms with Crippen LogP contribution in [0.15, 0.2) is 27.8 Å². The first-order valence-electron chi connectivity index (χ1n) is 6.55. The van der Waals surface area contributed by atoms with Crippen LogP contribution in [0.1, 0.15) is 16.8 Å². The Labute approximate surface area is 120 Å². The fraction of sp³-hybridized carbons (Fsp3) is 0.357. The van der Waals surface area contributed by atoms with Crippen LogP contribution in [0.3, 0.4) is 0 Å². The van der Waals surface area contributed by atoms with Crippen molar-refractivity contribution < 1.29 is 9.90 Å². The predicted molar refractivity (Wildman–Crippen MR) is 79.0 cm³/mol. The number of aromatic amines is 1. The first-order valence-corrected chi connectivity index (χ1v) is 6.55. The lowest BCUT2D eigenvalue weighted by molar-refractivity contribution is 0.0698. The summed E-state index contributed by atoms with van der Waals surface area (Å²) in [6, 6.07) is 4.55. The molecular weight excluding hydrogens is 274 g/mol. The number of hydrogen-bond acceptors (Lipinski definition) is 4. The van der Waals surface area contributed by atoms with E-state index in [1.54, 1.807) is 6.07 Å². The van der Waals surface area contributed by atoms with Gasteiger partial charge < -0.3 is 19.6 Å². The molecule has 0 aliphatic heterocycles. The highest BCUT2D eigenvalue weighted by Gasteiger charge is 2.15. The van der Waals surface area contributed by atoms with Gasteiger partial charge in [0.2, 0.25) is 0 Å². The van der Waals surface area contributed by atoms with Gasteiger partial charge in [0.15, 0.2) is 0 Å². The molecule has 112 valence electrons. The molecule has 0 amide bonds. The van der Waals surface area contributed by atoms with Crippen molar-refractivity contribution in [3.63, 3.8) is 0 Å². The first-order chi connectivity index (χ1) is 9.91. The van der Waals surface area contributed by atoms with Crippen LogP contribution in [-0.4, -0.2) is 46.2 Å². The van der Waals surface area contributed by atoms with Gasteiger partial charge in [0, 0.05) is 6.54 Å². The second kappa shape index (κ2) is 5.92. The number of aromatic carboxylic acids is 1. The minimum absolute atomic E-state index is 0.00528. The topological polar surface area (TPSA) is 95.4 Å². The van der Waals surface area contributed by atoms with Crippen molar-refractivity contribution in [1.29, 1.82) is 0 Å². The number of benzene rings is 1. The number of nitrogens with one attached hydrogen (secondary N) is 1. The fourth-order valence-electron chi connectivity index (χ4n) is 2.27. The van der Waals surface area contributed by atoms with Gasteiger partial charge in [-0.3, -0.25) is 9.59 Å². The average Bonchev–Trinajstić information content (AvgIpc) is 2.41. The molecule has 0 saturated carbocycles. The lowest BCUT2D eigenvalue weighted by Crippen LogP contribution is -2.37. The third-order valence-electron chi connectivity index (χ3n) is 3.21. The van der Waals surface area contributed by atoms with Crippen LogP contribution in [0, 0.1) is 0 Å². The molecule has 7 nitrogen and oxygen atoms in total. The smallest absolute Gasteiger partial charge is 0.337 e. The number of para-hydroxylation sites is 1. The molecule has 0 unspecified atom stereocenters. The molecule has 0 atom stereocenters. The maximum Gasteiger partial charge on any atom is 0.337 e. The van der Waals surface area contributed by atoms with Crippen LogP contribution < -0.4 is 11.1 Å². The van der Waals surface area contributed by atoms with E-state index in [9.17, 15) is 19.5 Å². The SMILES string of the molecule is CN(C)CCCn1c(=O)c(=O)[nH]c2cccc(C(=O)O)c21. The number of aryl methyl sites for hydroxylation is 1. The summed E-state index contributed by atoms with van der Waals surface area (Å²) in [5, 5.41) is 9.27. The Morgan fingerprint density at radius 2 is 2.05 bits per heavy atom. The summed E-state index contributed by atoms with van der Waals surface area (Å²) in [5.74, 6) is -1.13. The standard InChI is InChI=1S/C14H17N3O4/c1-16(2)7-4-8-17-11-9(14(20)21)5-3-6-10(11)15-12(18)13(17)19/h3,5-6H,4,7-8H2,1-2H3,(H,15,18)(H,20,21). The molecule has 0 radical (unpaired) electrons. The third kappa shape index (κ3) is 3.03. The predicted octanol–water partition coefficient (Wildman–Crippen LogP) is 0.340. The zero-order valence-electron chi connectivity index (χ0n) is 11.9. The number of aromatic nitrogens is 2. The van der Waals surface area contributed by atoms with E-state index >= 15 is 0 Å².